The summed E-state index contributed by atoms with van der Waals surface area (Å²) in [5, 5.41) is 8.65. The molecule has 0 aromatic carbocycles. The molecule has 0 saturated heterocycles. The molecule has 1 heterocycles. The van der Waals surface area contributed by atoms with Gasteiger partial charge in [-0.1, -0.05) is 24.4 Å². The van der Waals surface area contributed by atoms with Gasteiger partial charge in [-0.25, -0.2) is 4.79 Å². The molecule has 20 heavy (non-hydrogen) atoms. The van der Waals surface area contributed by atoms with E-state index in [9.17, 15) is 9.59 Å². The lowest BCUT2D eigenvalue weighted by atomic mass is 9.95. The maximum Gasteiger partial charge on any atom is 0.324 e. The van der Waals surface area contributed by atoms with Crippen LogP contribution in [0.5, 0.6) is 0 Å². The van der Waals surface area contributed by atoms with Crippen molar-refractivity contribution in [3.05, 3.63) is 11.8 Å². The number of nitrogens with zero attached hydrogens (tertiary/aromatic N) is 2. The van der Waals surface area contributed by atoms with E-state index in [4.69, 9.17) is 4.52 Å². The van der Waals surface area contributed by atoms with Crippen LogP contribution in [0.3, 0.4) is 0 Å². The van der Waals surface area contributed by atoms with E-state index in [0.29, 0.717) is 0 Å². The molecule has 7 heteroatoms. The highest BCUT2D eigenvalue weighted by molar-refractivity contribution is 5.94. The van der Waals surface area contributed by atoms with Gasteiger partial charge in [0.15, 0.2) is 5.69 Å². The number of amides is 3. The van der Waals surface area contributed by atoms with Crippen molar-refractivity contribution in [3.8, 4) is 0 Å². The van der Waals surface area contributed by atoms with E-state index in [-0.39, 0.29) is 29.6 Å². The molecule has 1 aromatic rings. The van der Waals surface area contributed by atoms with E-state index in [1.165, 1.54) is 19.5 Å². The highest BCUT2D eigenvalue weighted by Gasteiger charge is 2.23. The summed E-state index contributed by atoms with van der Waals surface area (Å²) in [6.45, 7) is 0. The van der Waals surface area contributed by atoms with Gasteiger partial charge >= 0.3 is 6.03 Å². The Morgan fingerprint density at radius 1 is 1.35 bits per heavy atom. The Hall–Kier alpha value is -2.05. The number of anilines is 1. The standard InChI is InChI=1S/C13H20N4O3/c1-14-12(18)10-8-11(20-16-10)15-13(19)17(2)9-6-4-3-5-7-9/h8-9H,3-7H2,1-2H3,(H,14,18)(H,15,19). The maximum atomic E-state index is 12.1. The first-order chi connectivity index (χ1) is 9.61. The molecule has 1 fully saturated rings. The van der Waals surface area contributed by atoms with E-state index in [1.807, 2.05) is 0 Å². The average Bonchev–Trinajstić information content (AvgIpc) is 2.95. The van der Waals surface area contributed by atoms with Crippen molar-refractivity contribution in [2.75, 3.05) is 19.4 Å². The smallest absolute Gasteiger partial charge is 0.324 e. The summed E-state index contributed by atoms with van der Waals surface area (Å²) in [7, 11) is 3.29. The van der Waals surface area contributed by atoms with Gasteiger partial charge in [-0.05, 0) is 12.8 Å². The predicted octanol–water partition coefficient (Wildman–Crippen LogP) is 1.83. The molecule has 3 amide bonds. The first kappa shape index (κ1) is 14.4. The van der Waals surface area contributed by atoms with Gasteiger partial charge in [0.1, 0.15) is 0 Å². The molecule has 1 aliphatic rings. The number of hydrogen-bond acceptors (Lipinski definition) is 4. The van der Waals surface area contributed by atoms with Gasteiger partial charge < -0.3 is 14.7 Å². The zero-order valence-electron chi connectivity index (χ0n) is 11.8. The summed E-state index contributed by atoms with van der Waals surface area (Å²) >= 11 is 0. The summed E-state index contributed by atoms with van der Waals surface area (Å²) < 4.78 is 4.93. The van der Waals surface area contributed by atoms with Gasteiger partial charge in [0.25, 0.3) is 5.91 Å². The molecule has 2 N–H and O–H groups in total. The number of aromatic nitrogens is 1. The third kappa shape index (κ3) is 3.28. The van der Waals surface area contributed by atoms with E-state index in [0.717, 1.165) is 25.7 Å². The Kier molecular flexibility index (Phi) is 4.60. The largest absolute Gasteiger partial charge is 0.354 e. The zero-order chi connectivity index (χ0) is 14.5. The Labute approximate surface area is 117 Å². The van der Waals surface area contributed by atoms with E-state index in [1.54, 1.807) is 11.9 Å². The van der Waals surface area contributed by atoms with Gasteiger partial charge in [0, 0.05) is 26.2 Å². The van der Waals surface area contributed by atoms with Crippen LogP contribution in [0, 0.1) is 0 Å². The normalized spacial score (nSPS) is 15.7. The van der Waals surface area contributed by atoms with Gasteiger partial charge in [-0.3, -0.25) is 10.1 Å². The Bertz CT molecular complexity index is 480. The van der Waals surface area contributed by atoms with E-state index in [2.05, 4.69) is 15.8 Å². The van der Waals surface area contributed by atoms with Crippen LogP contribution in [0.25, 0.3) is 0 Å². The van der Waals surface area contributed by atoms with Crippen LogP contribution in [0.1, 0.15) is 42.6 Å². The van der Waals surface area contributed by atoms with Gasteiger partial charge in [0.05, 0.1) is 0 Å². The van der Waals surface area contributed by atoms with Crippen molar-refractivity contribution >= 4 is 17.8 Å². The second-order valence-corrected chi connectivity index (χ2v) is 4.99. The predicted molar refractivity (Wildman–Crippen MR) is 73.5 cm³/mol. The fourth-order valence-corrected chi connectivity index (χ4v) is 2.40. The molecule has 7 nitrogen and oxygen atoms in total. The molecule has 0 spiro atoms. The monoisotopic (exact) mass is 280 g/mol. The van der Waals surface area contributed by atoms with Crippen molar-refractivity contribution < 1.29 is 14.1 Å². The molecular formula is C13H20N4O3. The molecule has 1 aliphatic carbocycles. The number of hydrogen-bond donors (Lipinski definition) is 2. The first-order valence-corrected chi connectivity index (χ1v) is 6.84. The molecule has 0 aliphatic heterocycles. The number of rotatable bonds is 3. The second-order valence-electron chi connectivity index (χ2n) is 4.99. The van der Waals surface area contributed by atoms with Crippen LogP contribution in [0.4, 0.5) is 10.7 Å². The molecule has 0 bridgehead atoms. The Morgan fingerprint density at radius 2 is 2.05 bits per heavy atom. The highest BCUT2D eigenvalue weighted by Crippen LogP contribution is 2.22. The van der Waals surface area contributed by atoms with Gasteiger partial charge in [-0.15, -0.1) is 0 Å². The Balaban J connectivity index is 1.93. The van der Waals surface area contributed by atoms with Crippen LogP contribution in [0.15, 0.2) is 10.6 Å². The third-order valence-electron chi connectivity index (χ3n) is 3.64. The molecule has 1 saturated carbocycles. The van der Waals surface area contributed by atoms with E-state index < -0.39 is 0 Å². The van der Waals surface area contributed by atoms with Crippen LogP contribution in [-0.2, 0) is 0 Å². The van der Waals surface area contributed by atoms with Crippen molar-refractivity contribution in [2.45, 2.75) is 38.1 Å². The average molecular weight is 280 g/mol. The maximum absolute atomic E-state index is 12.1. The minimum Gasteiger partial charge on any atom is -0.354 e. The number of nitrogens with one attached hydrogen (secondary N) is 2. The molecule has 110 valence electrons. The number of carbonyl (C=O) groups excluding carboxylic acids is 2. The van der Waals surface area contributed by atoms with Crippen LogP contribution in [0.2, 0.25) is 0 Å². The van der Waals surface area contributed by atoms with Gasteiger partial charge in [0.2, 0.25) is 5.88 Å². The van der Waals surface area contributed by atoms with Crippen molar-refractivity contribution in [3.63, 3.8) is 0 Å². The van der Waals surface area contributed by atoms with Crippen LogP contribution in [-0.4, -0.2) is 42.1 Å². The van der Waals surface area contributed by atoms with Gasteiger partial charge in [-0.2, -0.15) is 0 Å². The van der Waals surface area contributed by atoms with Crippen molar-refractivity contribution in [1.82, 2.24) is 15.4 Å². The minimum atomic E-state index is -0.352. The third-order valence-corrected chi connectivity index (χ3v) is 3.64. The highest BCUT2D eigenvalue weighted by atomic mass is 16.5. The number of urea groups is 1. The Morgan fingerprint density at radius 3 is 2.70 bits per heavy atom. The summed E-state index contributed by atoms with van der Waals surface area (Å²) in [5.41, 5.74) is 0.142. The molecule has 2 rings (SSSR count). The molecule has 0 unspecified atom stereocenters. The zero-order valence-corrected chi connectivity index (χ0v) is 11.8. The van der Waals surface area contributed by atoms with E-state index >= 15 is 0 Å². The summed E-state index contributed by atoms with van der Waals surface area (Å²) in [4.78, 5) is 25.1. The molecular weight excluding hydrogens is 260 g/mol. The molecule has 0 atom stereocenters. The van der Waals surface area contributed by atoms with Crippen molar-refractivity contribution in [2.24, 2.45) is 0 Å². The quantitative estimate of drug-likeness (QED) is 0.884. The molecule has 0 radical (unpaired) electrons. The summed E-state index contributed by atoms with van der Waals surface area (Å²) in [5.74, 6) is -0.175. The summed E-state index contributed by atoms with van der Waals surface area (Å²) in [6.07, 6.45) is 5.62. The lowest BCUT2D eigenvalue weighted by Gasteiger charge is -2.30. The lowest BCUT2D eigenvalue weighted by Crippen LogP contribution is -2.40. The fourth-order valence-electron chi connectivity index (χ4n) is 2.40. The van der Waals surface area contributed by atoms with Crippen LogP contribution < -0.4 is 10.6 Å². The topological polar surface area (TPSA) is 87.5 Å². The second kappa shape index (κ2) is 6.40. The lowest BCUT2D eigenvalue weighted by molar-refractivity contribution is 0.0954. The molecule has 1 aromatic heterocycles. The first-order valence-electron chi connectivity index (χ1n) is 6.84. The summed E-state index contributed by atoms with van der Waals surface area (Å²) in [6, 6.07) is 1.44. The fraction of sp³-hybridized carbons (Fsp3) is 0.615. The SMILES string of the molecule is CNC(=O)c1cc(NC(=O)N(C)C2CCCCC2)on1. The minimum absolute atomic E-state index is 0.142. The van der Waals surface area contributed by atoms with Crippen LogP contribution >= 0.6 is 0 Å². The number of carbonyl (C=O) groups is 2. The van der Waals surface area contributed by atoms with Crippen molar-refractivity contribution in [1.29, 1.82) is 0 Å².